The summed E-state index contributed by atoms with van der Waals surface area (Å²) in [5.74, 6) is 1.46. The number of hydrogen-bond acceptors (Lipinski definition) is 5. The zero-order chi connectivity index (χ0) is 25.1. The molecule has 0 bridgehead atoms. The van der Waals surface area contributed by atoms with Crippen LogP contribution in [0.5, 0.6) is 11.5 Å². The van der Waals surface area contributed by atoms with Gasteiger partial charge in [0.1, 0.15) is 17.1 Å². The second-order valence-corrected chi connectivity index (χ2v) is 9.71. The third kappa shape index (κ3) is 5.00. The van der Waals surface area contributed by atoms with E-state index in [0.717, 1.165) is 60.8 Å². The SMILES string of the molecule is CC(C)=C1Oc2cccc(OCCCN3CCC(NC(=O)c4cccc5ccccc45)CC3)c2C1=O. The van der Waals surface area contributed by atoms with Gasteiger partial charge in [0.2, 0.25) is 5.78 Å². The van der Waals surface area contributed by atoms with Crippen molar-refractivity contribution >= 4 is 22.5 Å². The summed E-state index contributed by atoms with van der Waals surface area (Å²) in [7, 11) is 0. The zero-order valence-corrected chi connectivity index (χ0v) is 20.9. The van der Waals surface area contributed by atoms with Crippen LogP contribution in [0.3, 0.4) is 0 Å². The highest BCUT2D eigenvalue weighted by molar-refractivity contribution is 6.14. The minimum absolute atomic E-state index is 0.00355. The number of carbonyl (C=O) groups excluding carboxylic acids is 2. The van der Waals surface area contributed by atoms with Crippen molar-refractivity contribution in [2.45, 2.75) is 39.2 Å². The van der Waals surface area contributed by atoms with Crippen molar-refractivity contribution in [3.63, 3.8) is 0 Å². The molecule has 1 saturated heterocycles. The molecule has 3 aromatic carbocycles. The summed E-state index contributed by atoms with van der Waals surface area (Å²) in [6.45, 7) is 7.08. The number of allylic oxidation sites excluding steroid dienone is 2. The molecule has 186 valence electrons. The number of ketones is 1. The Kier molecular flexibility index (Phi) is 7.05. The van der Waals surface area contributed by atoms with Crippen LogP contribution < -0.4 is 14.8 Å². The van der Waals surface area contributed by atoms with Crippen molar-refractivity contribution in [1.29, 1.82) is 0 Å². The maximum Gasteiger partial charge on any atom is 0.252 e. The Morgan fingerprint density at radius 1 is 1.03 bits per heavy atom. The van der Waals surface area contributed by atoms with Gasteiger partial charge in [0.25, 0.3) is 5.91 Å². The Bertz CT molecular complexity index is 1310. The van der Waals surface area contributed by atoms with E-state index in [-0.39, 0.29) is 17.7 Å². The van der Waals surface area contributed by atoms with Gasteiger partial charge in [-0.25, -0.2) is 0 Å². The van der Waals surface area contributed by atoms with E-state index in [1.54, 1.807) is 6.07 Å². The molecule has 5 rings (SSSR count). The fourth-order valence-electron chi connectivity index (χ4n) is 5.00. The molecule has 0 radical (unpaired) electrons. The van der Waals surface area contributed by atoms with Crippen LogP contribution in [0.1, 0.15) is 53.8 Å². The average molecular weight is 485 g/mol. The minimum atomic E-state index is -0.104. The van der Waals surface area contributed by atoms with Gasteiger partial charge in [0.15, 0.2) is 5.76 Å². The molecule has 1 amide bonds. The first-order valence-corrected chi connectivity index (χ1v) is 12.7. The molecule has 0 unspecified atom stereocenters. The van der Waals surface area contributed by atoms with Gasteiger partial charge in [0, 0.05) is 31.2 Å². The van der Waals surface area contributed by atoms with Crippen LogP contribution in [-0.4, -0.2) is 48.9 Å². The molecule has 36 heavy (non-hydrogen) atoms. The summed E-state index contributed by atoms with van der Waals surface area (Å²) in [5, 5.41) is 5.31. The van der Waals surface area contributed by atoms with Crippen LogP contribution in [0.15, 0.2) is 72.0 Å². The fourth-order valence-corrected chi connectivity index (χ4v) is 5.00. The van der Waals surface area contributed by atoms with Crippen molar-refractivity contribution in [2.75, 3.05) is 26.2 Å². The van der Waals surface area contributed by atoms with Gasteiger partial charge in [-0.1, -0.05) is 42.5 Å². The third-order valence-electron chi connectivity index (χ3n) is 6.92. The van der Waals surface area contributed by atoms with Crippen LogP contribution in [0.2, 0.25) is 0 Å². The minimum Gasteiger partial charge on any atom is -0.493 e. The molecule has 0 spiro atoms. The van der Waals surface area contributed by atoms with E-state index in [9.17, 15) is 9.59 Å². The Labute approximate surface area is 211 Å². The Hall–Kier alpha value is -3.64. The van der Waals surface area contributed by atoms with Gasteiger partial charge in [-0.3, -0.25) is 9.59 Å². The lowest BCUT2D eigenvalue weighted by Crippen LogP contribution is -2.45. The number of ether oxygens (including phenoxy) is 2. The van der Waals surface area contributed by atoms with E-state index in [1.165, 1.54) is 0 Å². The Morgan fingerprint density at radius 2 is 1.78 bits per heavy atom. The molecule has 0 saturated carbocycles. The molecule has 6 nitrogen and oxygen atoms in total. The number of rotatable bonds is 7. The number of hydrogen-bond donors (Lipinski definition) is 1. The molecule has 6 heteroatoms. The standard InChI is InChI=1S/C30H32N2O4/c1-20(2)29-28(33)27-25(12-6-13-26(27)36-29)35-19-7-16-32-17-14-22(15-18-32)31-30(34)24-11-5-9-21-8-3-4-10-23(21)24/h3-6,8-13,22H,7,14-19H2,1-2H3,(H,31,34). The summed E-state index contributed by atoms with van der Waals surface area (Å²) in [4.78, 5) is 28.1. The van der Waals surface area contributed by atoms with E-state index in [4.69, 9.17) is 9.47 Å². The van der Waals surface area contributed by atoms with Crippen LogP contribution in [-0.2, 0) is 0 Å². The van der Waals surface area contributed by atoms with E-state index >= 15 is 0 Å². The van der Waals surface area contributed by atoms with Gasteiger partial charge in [0.05, 0.1) is 6.61 Å². The maximum absolute atomic E-state index is 12.9. The number of amides is 1. The molecule has 1 N–H and O–H groups in total. The highest BCUT2D eigenvalue weighted by atomic mass is 16.5. The van der Waals surface area contributed by atoms with Crippen molar-refractivity contribution in [1.82, 2.24) is 10.2 Å². The summed E-state index contributed by atoms with van der Waals surface area (Å²) in [5.41, 5.74) is 2.12. The first-order chi connectivity index (χ1) is 17.5. The molecule has 2 aliphatic heterocycles. The number of nitrogens with zero attached hydrogens (tertiary/aromatic N) is 1. The Balaban J connectivity index is 1.08. The topological polar surface area (TPSA) is 67.9 Å². The van der Waals surface area contributed by atoms with E-state index in [0.29, 0.717) is 29.4 Å². The first kappa shape index (κ1) is 24.1. The lowest BCUT2D eigenvalue weighted by atomic mass is 10.0. The number of Topliss-reactive ketones (excluding diaryl/α,β-unsaturated/α-hetero) is 1. The smallest absolute Gasteiger partial charge is 0.252 e. The van der Waals surface area contributed by atoms with Crippen molar-refractivity contribution in [2.24, 2.45) is 0 Å². The predicted octanol–water partition coefficient (Wildman–Crippen LogP) is 5.37. The fraction of sp³-hybridized carbons (Fsp3) is 0.333. The number of likely N-dealkylation sites (tertiary alicyclic amines) is 1. The van der Waals surface area contributed by atoms with Gasteiger partial charge in [-0.15, -0.1) is 0 Å². The van der Waals surface area contributed by atoms with Crippen molar-refractivity contribution < 1.29 is 19.1 Å². The van der Waals surface area contributed by atoms with Crippen LogP contribution in [0.4, 0.5) is 0 Å². The monoisotopic (exact) mass is 484 g/mol. The molecular weight excluding hydrogens is 452 g/mol. The van der Waals surface area contributed by atoms with Crippen LogP contribution in [0.25, 0.3) is 10.8 Å². The lowest BCUT2D eigenvalue weighted by molar-refractivity contribution is 0.0911. The lowest BCUT2D eigenvalue weighted by Gasteiger charge is -2.32. The van der Waals surface area contributed by atoms with Crippen molar-refractivity contribution in [3.05, 3.63) is 83.1 Å². The second kappa shape index (κ2) is 10.5. The molecular formula is C30H32N2O4. The maximum atomic E-state index is 12.9. The molecule has 1 fully saturated rings. The number of nitrogens with one attached hydrogen (secondary N) is 1. The van der Waals surface area contributed by atoms with Gasteiger partial charge >= 0.3 is 0 Å². The Morgan fingerprint density at radius 3 is 2.58 bits per heavy atom. The second-order valence-electron chi connectivity index (χ2n) is 9.71. The van der Waals surface area contributed by atoms with Gasteiger partial charge in [-0.2, -0.15) is 0 Å². The molecule has 0 aromatic heterocycles. The van der Waals surface area contributed by atoms with E-state index < -0.39 is 0 Å². The zero-order valence-electron chi connectivity index (χ0n) is 20.9. The summed E-state index contributed by atoms with van der Waals surface area (Å²) in [6, 6.07) is 19.5. The van der Waals surface area contributed by atoms with Crippen LogP contribution in [0, 0.1) is 0 Å². The summed E-state index contributed by atoms with van der Waals surface area (Å²) >= 11 is 0. The molecule has 0 atom stereocenters. The molecule has 2 heterocycles. The number of carbonyl (C=O) groups is 2. The quantitative estimate of drug-likeness (QED) is 0.361. The first-order valence-electron chi connectivity index (χ1n) is 12.7. The summed E-state index contributed by atoms with van der Waals surface area (Å²) in [6.07, 6.45) is 2.73. The molecule has 0 aliphatic carbocycles. The van der Waals surface area contributed by atoms with Gasteiger partial charge in [-0.05, 0) is 67.7 Å². The van der Waals surface area contributed by atoms with Crippen LogP contribution >= 0.6 is 0 Å². The average Bonchev–Trinajstić information content (AvgIpc) is 3.24. The largest absolute Gasteiger partial charge is 0.493 e. The number of fused-ring (bicyclic) bond motifs is 2. The number of benzene rings is 3. The third-order valence-corrected chi connectivity index (χ3v) is 6.92. The van der Waals surface area contributed by atoms with E-state index in [2.05, 4.69) is 10.2 Å². The molecule has 2 aliphatic rings. The van der Waals surface area contributed by atoms with E-state index in [1.807, 2.05) is 68.4 Å². The number of piperidine rings is 1. The highest BCUT2D eigenvalue weighted by Crippen LogP contribution is 2.38. The highest BCUT2D eigenvalue weighted by Gasteiger charge is 2.31. The van der Waals surface area contributed by atoms with Gasteiger partial charge < -0.3 is 19.7 Å². The molecule has 3 aromatic rings. The predicted molar refractivity (Wildman–Crippen MR) is 141 cm³/mol. The normalized spacial score (nSPS) is 16.1. The summed E-state index contributed by atoms with van der Waals surface area (Å²) < 4.78 is 11.7. The van der Waals surface area contributed by atoms with Crippen molar-refractivity contribution in [3.8, 4) is 11.5 Å².